The molecule has 5 rings (SSSR count). The molecule has 1 unspecified atom stereocenters. The highest BCUT2D eigenvalue weighted by molar-refractivity contribution is 7.89. The highest BCUT2D eigenvalue weighted by Crippen LogP contribution is 2.29. The molecule has 0 spiro atoms. The third-order valence-electron chi connectivity index (χ3n) is 7.26. The number of carbonyl (C=O) groups excluding carboxylic acids is 1. The molecular weight excluding hydrogens is 464 g/mol. The van der Waals surface area contributed by atoms with Gasteiger partial charge < -0.3 is 9.42 Å². The molecule has 1 aromatic heterocycles. The smallest absolute Gasteiger partial charge is 0.248 e. The molecule has 9 heteroatoms. The molecule has 186 valence electrons. The van der Waals surface area contributed by atoms with Crippen LogP contribution in [-0.2, 0) is 21.4 Å². The van der Waals surface area contributed by atoms with Gasteiger partial charge in [-0.15, -0.1) is 0 Å². The highest BCUT2D eigenvalue weighted by atomic mass is 32.2. The molecule has 0 N–H and O–H groups in total. The first-order valence-corrected chi connectivity index (χ1v) is 13.7. The molecule has 2 aliphatic rings. The van der Waals surface area contributed by atoms with Crippen LogP contribution in [0.25, 0.3) is 10.8 Å². The first kappa shape index (κ1) is 24.0. The summed E-state index contributed by atoms with van der Waals surface area (Å²) >= 11 is 0. The lowest BCUT2D eigenvalue weighted by Crippen LogP contribution is -2.52. The molecule has 0 aliphatic carbocycles. The molecule has 0 bridgehead atoms. The normalized spacial score (nSPS) is 20.4. The predicted molar refractivity (Wildman–Crippen MR) is 133 cm³/mol. The molecule has 1 amide bonds. The van der Waals surface area contributed by atoms with E-state index in [2.05, 4.69) is 52.5 Å². The van der Waals surface area contributed by atoms with Crippen LogP contribution in [0.15, 0.2) is 51.9 Å². The minimum Gasteiger partial charge on any atom is -0.360 e. The number of hydrogen-bond acceptors (Lipinski definition) is 6. The first-order valence-electron chi connectivity index (χ1n) is 12.3. The Kier molecular flexibility index (Phi) is 6.65. The van der Waals surface area contributed by atoms with Crippen molar-refractivity contribution in [3.05, 3.63) is 59.5 Å². The summed E-state index contributed by atoms with van der Waals surface area (Å²) in [4.78, 5) is 17.8. The van der Waals surface area contributed by atoms with Crippen LogP contribution >= 0.6 is 0 Å². The summed E-state index contributed by atoms with van der Waals surface area (Å²) in [5.74, 6) is 0.0374. The Morgan fingerprint density at radius 2 is 1.77 bits per heavy atom. The molecule has 35 heavy (non-hydrogen) atoms. The van der Waals surface area contributed by atoms with Gasteiger partial charge in [0.25, 0.3) is 0 Å². The van der Waals surface area contributed by atoms with Gasteiger partial charge in [-0.3, -0.25) is 9.69 Å². The fourth-order valence-electron chi connectivity index (χ4n) is 5.39. The van der Waals surface area contributed by atoms with Crippen LogP contribution in [0.5, 0.6) is 0 Å². The third-order valence-corrected chi connectivity index (χ3v) is 9.37. The van der Waals surface area contributed by atoms with Crippen LogP contribution in [0.4, 0.5) is 0 Å². The van der Waals surface area contributed by atoms with E-state index >= 15 is 0 Å². The standard InChI is InChI=1S/C26H32N4O4S/c1-19-25(20(2)34-27-19)35(32,33)30-12-6-10-23(18-30)26(31)29-15-13-28(14-16-29)17-22-9-5-8-21-7-3-4-11-24(21)22/h3-5,7-9,11,23H,6,10,12-18H2,1-2H3. The van der Waals surface area contributed by atoms with Crippen molar-refractivity contribution in [1.29, 1.82) is 0 Å². The number of piperidine rings is 1. The molecule has 2 aliphatic heterocycles. The van der Waals surface area contributed by atoms with Crippen molar-refractivity contribution in [2.75, 3.05) is 39.3 Å². The van der Waals surface area contributed by atoms with Gasteiger partial charge in [0.15, 0.2) is 5.76 Å². The van der Waals surface area contributed by atoms with E-state index in [-0.39, 0.29) is 23.3 Å². The monoisotopic (exact) mass is 496 g/mol. The van der Waals surface area contributed by atoms with Gasteiger partial charge in [-0.2, -0.15) is 4.31 Å². The number of amides is 1. The van der Waals surface area contributed by atoms with Gasteiger partial charge in [-0.1, -0.05) is 47.6 Å². The molecule has 3 heterocycles. The van der Waals surface area contributed by atoms with Crippen molar-refractivity contribution in [3.8, 4) is 0 Å². The Morgan fingerprint density at radius 3 is 2.51 bits per heavy atom. The van der Waals surface area contributed by atoms with Crippen LogP contribution in [0.3, 0.4) is 0 Å². The lowest BCUT2D eigenvalue weighted by atomic mass is 9.97. The molecule has 0 radical (unpaired) electrons. The minimum absolute atomic E-state index is 0.0634. The Labute approximate surface area is 206 Å². The largest absolute Gasteiger partial charge is 0.360 e. The van der Waals surface area contributed by atoms with Gasteiger partial charge in [0.05, 0.1) is 5.92 Å². The Balaban J connectivity index is 1.21. The number of carbonyl (C=O) groups is 1. The topological polar surface area (TPSA) is 87.0 Å². The molecular formula is C26H32N4O4S. The van der Waals surface area contributed by atoms with Gasteiger partial charge in [-0.05, 0) is 43.0 Å². The zero-order valence-corrected chi connectivity index (χ0v) is 21.1. The molecule has 8 nitrogen and oxygen atoms in total. The van der Waals surface area contributed by atoms with Crippen molar-refractivity contribution >= 4 is 26.7 Å². The second-order valence-corrected chi connectivity index (χ2v) is 11.5. The highest BCUT2D eigenvalue weighted by Gasteiger charge is 2.38. The van der Waals surface area contributed by atoms with Crippen molar-refractivity contribution in [1.82, 2.24) is 19.3 Å². The average molecular weight is 497 g/mol. The van der Waals surface area contributed by atoms with E-state index in [0.29, 0.717) is 43.9 Å². The van der Waals surface area contributed by atoms with Crippen molar-refractivity contribution in [3.63, 3.8) is 0 Å². The zero-order valence-electron chi connectivity index (χ0n) is 20.3. The third kappa shape index (κ3) is 4.72. The maximum Gasteiger partial charge on any atom is 0.248 e. The van der Waals surface area contributed by atoms with Gasteiger partial charge in [0.1, 0.15) is 10.6 Å². The van der Waals surface area contributed by atoms with E-state index in [1.165, 1.54) is 20.6 Å². The van der Waals surface area contributed by atoms with Gasteiger partial charge in [0, 0.05) is 45.8 Å². The molecule has 0 saturated carbocycles. The van der Waals surface area contributed by atoms with Gasteiger partial charge >= 0.3 is 0 Å². The zero-order chi connectivity index (χ0) is 24.6. The van der Waals surface area contributed by atoms with Gasteiger partial charge in [0.2, 0.25) is 15.9 Å². The summed E-state index contributed by atoms with van der Waals surface area (Å²) in [6.07, 6.45) is 1.38. The quantitative estimate of drug-likeness (QED) is 0.539. The summed E-state index contributed by atoms with van der Waals surface area (Å²) < 4.78 is 33.0. The average Bonchev–Trinajstić information content (AvgIpc) is 3.23. The number of aromatic nitrogens is 1. The lowest BCUT2D eigenvalue weighted by molar-refractivity contribution is -0.138. The second kappa shape index (κ2) is 9.72. The van der Waals surface area contributed by atoms with Crippen LogP contribution < -0.4 is 0 Å². The number of piperazine rings is 1. The summed E-state index contributed by atoms with van der Waals surface area (Å²) in [5.41, 5.74) is 1.66. The van der Waals surface area contributed by atoms with Gasteiger partial charge in [-0.25, -0.2) is 8.42 Å². The van der Waals surface area contributed by atoms with Crippen LogP contribution in [0.1, 0.15) is 29.9 Å². The maximum atomic E-state index is 13.3. The van der Waals surface area contributed by atoms with Crippen LogP contribution in [0.2, 0.25) is 0 Å². The lowest BCUT2D eigenvalue weighted by Gasteiger charge is -2.38. The van der Waals surface area contributed by atoms with Crippen molar-refractivity contribution in [2.45, 2.75) is 38.1 Å². The van der Waals surface area contributed by atoms with E-state index in [0.717, 1.165) is 19.6 Å². The second-order valence-electron chi connectivity index (χ2n) is 9.60. The SMILES string of the molecule is Cc1noc(C)c1S(=O)(=O)N1CCCC(C(=O)N2CCN(Cc3cccc4ccccc34)CC2)C1. The van der Waals surface area contributed by atoms with E-state index in [1.54, 1.807) is 13.8 Å². The van der Waals surface area contributed by atoms with Crippen LogP contribution in [-0.4, -0.2) is 72.9 Å². The number of sulfonamides is 1. The molecule has 2 aromatic carbocycles. The number of benzene rings is 2. The fraction of sp³-hybridized carbons (Fsp3) is 0.462. The summed E-state index contributed by atoms with van der Waals surface area (Å²) in [6, 6.07) is 14.8. The number of hydrogen-bond donors (Lipinski definition) is 0. The van der Waals surface area contributed by atoms with Crippen molar-refractivity contribution < 1.29 is 17.7 Å². The summed E-state index contributed by atoms with van der Waals surface area (Å²) in [7, 11) is -3.74. The fourth-order valence-corrected chi connectivity index (χ4v) is 7.21. The Hall–Kier alpha value is -2.75. The predicted octanol–water partition coefficient (Wildman–Crippen LogP) is 3.19. The van der Waals surface area contributed by atoms with E-state index < -0.39 is 10.0 Å². The molecule has 1 atom stereocenters. The van der Waals surface area contributed by atoms with E-state index in [1.807, 2.05) is 4.90 Å². The number of rotatable bonds is 5. The first-order chi connectivity index (χ1) is 16.8. The van der Waals surface area contributed by atoms with E-state index in [9.17, 15) is 13.2 Å². The van der Waals surface area contributed by atoms with Crippen molar-refractivity contribution in [2.24, 2.45) is 5.92 Å². The minimum atomic E-state index is -3.74. The molecule has 2 fully saturated rings. The molecule has 3 aromatic rings. The number of aryl methyl sites for hydroxylation is 2. The Bertz CT molecular complexity index is 1300. The summed E-state index contributed by atoms with van der Waals surface area (Å²) in [6.45, 7) is 7.66. The Morgan fingerprint density at radius 1 is 1.03 bits per heavy atom. The maximum absolute atomic E-state index is 13.3. The van der Waals surface area contributed by atoms with Crippen LogP contribution in [0, 0.1) is 19.8 Å². The summed E-state index contributed by atoms with van der Waals surface area (Å²) in [5, 5.41) is 6.31. The number of fused-ring (bicyclic) bond motifs is 1. The number of nitrogens with zero attached hydrogens (tertiary/aromatic N) is 4. The van der Waals surface area contributed by atoms with E-state index in [4.69, 9.17) is 4.52 Å². The molecule has 2 saturated heterocycles.